The second-order valence-electron chi connectivity index (χ2n) is 25.6. The lowest BCUT2D eigenvalue weighted by Crippen LogP contribution is -2.67. The molecule has 2 heterocycles. The number of aliphatic hydroxyl groups excluding tert-OH is 1. The Balaban J connectivity index is 2.45. The average molecular weight is 1130 g/mol. The first-order valence-electron chi connectivity index (χ1n) is 28.8. The van der Waals surface area contributed by atoms with Crippen LogP contribution in [-0.4, -0.2) is 132 Å². The highest BCUT2D eigenvalue weighted by Crippen LogP contribution is 2.50. The molecular weight excluding hydrogens is 1010 g/mol. The number of unbranched alkanes of at least 4 members (excludes halogenated alkanes) is 1. The van der Waals surface area contributed by atoms with E-state index in [1.165, 1.54) is 7.11 Å². The minimum atomic E-state index is -2.36. The molecule has 13 nitrogen and oxygen atoms in total. The van der Waals surface area contributed by atoms with Crippen LogP contribution in [0.4, 0.5) is 4.79 Å². The van der Waals surface area contributed by atoms with Crippen molar-refractivity contribution in [2.24, 2.45) is 23.7 Å². The summed E-state index contributed by atoms with van der Waals surface area (Å²) < 4.78 is 65.4. The van der Waals surface area contributed by atoms with Crippen LogP contribution in [0.1, 0.15) is 156 Å². The van der Waals surface area contributed by atoms with E-state index in [-0.39, 0.29) is 58.2 Å². The molecule has 0 spiro atoms. The van der Waals surface area contributed by atoms with Crippen molar-refractivity contribution >= 4 is 37.1 Å². The van der Waals surface area contributed by atoms with Gasteiger partial charge in [0.25, 0.3) is 0 Å². The maximum Gasteiger partial charge on any atom is 0.509 e. The second-order valence-corrected chi connectivity index (χ2v) is 39.8. The monoisotopic (exact) mass is 1120 g/mol. The lowest BCUT2D eigenvalue weighted by atomic mass is 9.76. The maximum atomic E-state index is 13.6. The molecule has 0 aliphatic carbocycles. The molecule has 0 saturated carbocycles. The van der Waals surface area contributed by atoms with Crippen LogP contribution in [0.3, 0.4) is 0 Å². The van der Waals surface area contributed by atoms with E-state index >= 15 is 0 Å². The predicted octanol–water partition coefficient (Wildman–Crippen LogP) is 14.7. The highest BCUT2D eigenvalue weighted by Gasteiger charge is 2.64. The van der Waals surface area contributed by atoms with Gasteiger partial charge in [-0.25, -0.2) is 9.59 Å². The van der Waals surface area contributed by atoms with Gasteiger partial charge in [-0.3, -0.25) is 0 Å². The molecule has 16 heteroatoms. The fourth-order valence-electron chi connectivity index (χ4n) is 10.5. The number of ether oxygens (including phenoxy) is 7. The van der Waals surface area contributed by atoms with E-state index in [9.17, 15) is 14.7 Å². The number of carbonyl (C=O) groups excluding carboxylic acids is 2. The fraction of sp³-hybridized carbons (Fsp3) is 0.833. The number of cyclic esters (lactones) is 2. The molecule has 0 bridgehead atoms. The predicted molar refractivity (Wildman–Crippen MR) is 316 cm³/mol. The fourth-order valence-corrected chi connectivity index (χ4v) is 16.2. The molecule has 76 heavy (non-hydrogen) atoms. The first kappa shape index (κ1) is 70.1. The normalized spacial score (nSPS) is 26.2. The molecule has 0 aromatic carbocycles. The van der Waals surface area contributed by atoms with E-state index in [2.05, 4.69) is 128 Å². The molecule has 2 unspecified atom stereocenters. The first-order chi connectivity index (χ1) is 35.2. The topological polar surface area (TPSA) is 147 Å². The summed E-state index contributed by atoms with van der Waals surface area (Å²) in [7, 11) is -0.259. The molecule has 0 aromatic rings. The van der Waals surface area contributed by atoms with Gasteiger partial charge in [0.2, 0.25) is 5.79 Å². The van der Waals surface area contributed by atoms with Crippen LogP contribution in [0.2, 0.25) is 54.4 Å². The quantitative estimate of drug-likeness (QED) is 0.0170. The van der Waals surface area contributed by atoms with Crippen LogP contribution in [0, 0.1) is 23.7 Å². The number of allylic oxidation sites excluding steroid dienone is 5. The summed E-state index contributed by atoms with van der Waals surface area (Å²) in [6, 6.07) is 3.03. The number of hydrogen-bond acceptors (Lipinski definition) is 13. The molecule has 2 aliphatic heterocycles. The number of rotatable bonds is 32. The van der Waals surface area contributed by atoms with Crippen molar-refractivity contribution in [2.75, 3.05) is 35.0 Å². The summed E-state index contributed by atoms with van der Waals surface area (Å²) in [5.41, 5.74) is 2.49. The van der Waals surface area contributed by atoms with Crippen molar-refractivity contribution in [3.05, 3.63) is 47.1 Å². The van der Waals surface area contributed by atoms with Crippen LogP contribution in [0.5, 0.6) is 0 Å². The lowest BCUT2D eigenvalue weighted by Gasteiger charge is -2.55. The largest absolute Gasteiger partial charge is 0.509 e. The zero-order chi connectivity index (χ0) is 58.2. The van der Waals surface area contributed by atoms with Crippen molar-refractivity contribution < 1.29 is 61.1 Å². The van der Waals surface area contributed by atoms with Crippen LogP contribution < -0.4 is 0 Å². The van der Waals surface area contributed by atoms with Gasteiger partial charge in [0.05, 0.1) is 50.3 Å². The smallest absolute Gasteiger partial charge is 0.466 e. The van der Waals surface area contributed by atoms with Crippen molar-refractivity contribution in [3.8, 4) is 0 Å². The van der Waals surface area contributed by atoms with E-state index in [0.29, 0.717) is 37.4 Å². The Labute approximate surface area is 466 Å². The van der Waals surface area contributed by atoms with E-state index in [1.807, 2.05) is 26.8 Å². The van der Waals surface area contributed by atoms with Crippen LogP contribution >= 0.6 is 0 Å². The van der Waals surface area contributed by atoms with E-state index in [1.54, 1.807) is 34.3 Å². The zero-order valence-electron chi connectivity index (χ0n) is 52.4. The summed E-state index contributed by atoms with van der Waals surface area (Å²) in [5, 5.41) is 10.9. The van der Waals surface area contributed by atoms with Crippen molar-refractivity contribution in [2.45, 2.75) is 265 Å². The number of aliphatic hydroxyl groups is 1. The number of esters is 1. The highest BCUT2D eigenvalue weighted by molar-refractivity contribution is 6.74. The van der Waals surface area contributed by atoms with Crippen molar-refractivity contribution in [1.82, 2.24) is 0 Å². The van der Waals surface area contributed by atoms with E-state index in [0.717, 1.165) is 55.0 Å². The van der Waals surface area contributed by atoms with Gasteiger partial charge in [-0.05, 0) is 106 Å². The van der Waals surface area contributed by atoms with Gasteiger partial charge in [-0.15, -0.1) is 0 Å². The molecule has 2 rings (SSSR count). The van der Waals surface area contributed by atoms with Gasteiger partial charge in [0.1, 0.15) is 0 Å². The number of carbonyl (C=O) groups is 2. The van der Waals surface area contributed by atoms with Crippen LogP contribution in [0.25, 0.3) is 0 Å². The Morgan fingerprint density at radius 1 is 0.789 bits per heavy atom. The molecular formula is C60H112O13Si3. The van der Waals surface area contributed by atoms with Crippen LogP contribution in [-0.2, 0) is 51.2 Å². The molecule has 0 amide bonds. The molecule has 13 atom stereocenters. The van der Waals surface area contributed by atoms with E-state index < -0.39 is 61.3 Å². The average Bonchev–Trinajstić information content (AvgIpc) is 3.71. The Morgan fingerprint density at radius 2 is 1.38 bits per heavy atom. The molecule has 0 aromatic heterocycles. The third kappa shape index (κ3) is 19.6. The van der Waals surface area contributed by atoms with Gasteiger partial charge in [0.15, 0.2) is 37.2 Å². The summed E-state index contributed by atoms with van der Waals surface area (Å²) in [4.78, 5) is 25.4. The van der Waals surface area contributed by atoms with Crippen molar-refractivity contribution in [3.63, 3.8) is 0 Å². The third-order valence-corrected chi connectivity index (χ3v) is 31.4. The summed E-state index contributed by atoms with van der Waals surface area (Å²) in [6.45, 7) is 44.0. The maximum absolute atomic E-state index is 13.6. The summed E-state index contributed by atoms with van der Waals surface area (Å²) >= 11 is 0. The third-order valence-electron chi connectivity index (χ3n) is 17.7. The van der Waals surface area contributed by atoms with Gasteiger partial charge in [0, 0.05) is 57.5 Å². The highest BCUT2D eigenvalue weighted by atomic mass is 28.4. The minimum absolute atomic E-state index is 0.0544. The standard InChI is InChI=1S/C60H112O13Si3/c1-25-76(26-2,27-3)71-48(40-64-17)38-51-46(9)54(73-75(23,24)59(14,15)16)47(10)60(67-20,70-51)55-53(68-57(63)69-55)39-52(65-18)50(72-74(21,22)58(11,12)13)34-29-28-31-41(4)32-30-33-49(61)44(7)36-42(5)35-43(6)37-45(8)56(62)66-19/h30,32,35-37,41,44,46-55,61H,25-29,31,33-34,38-40H2,1-24H3/b32-30+,42-36+,43-35+,45-37+/t41?,44-,46+,47-,48-,49?,50+,51-,52+,53-,54+,55-,60-/m1/s1. The van der Waals surface area contributed by atoms with Gasteiger partial charge >= 0.3 is 12.1 Å². The van der Waals surface area contributed by atoms with Gasteiger partial charge in [-0.1, -0.05) is 138 Å². The Hall–Kier alpha value is -1.97. The molecule has 2 fully saturated rings. The minimum Gasteiger partial charge on any atom is -0.466 e. The molecule has 2 saturated heterocycles. The number of hydrogen-bond donors (Lipinski definition) is 1. The zero-order valence-corrected chi connectivity index (χ0v) is 55.4. The van der Waals surface area contributed by atoms with Gasteiger partial charge in [-0.2, -0.15) is 0 Å². The Bertz CT molecular complexity index is 1890. The van der Waals surface area contributed by atoms with E-state index in [4.69, 9.17) is 46.4 Å². The molecule has 2 aliphatic rings. The first-order valence-corrected chi connectivity index (χ1v) is 37.2. The summed E-state index contributed by atoms with van der Waals surface area (Å²) in [6.07, 6.45) is 10.6. The van der Waals surface area contributed by atoms with Crippen LogP contribution in [0.15, 0.2) is 47.1 Å². The molecule has 442 valence electrons. The molecule has 0 radical (unpaired) electrons. The summed E-state index contributed by atoms with van der Waals surface area (Å²) in [5.74, 6) is -1.95. The Kier molecular flexibility index (Phi) is 28.4. The Morgan fingerprint density at radius 3 is 1.91 bits per heavy atom. The SMILES string of the molecule is CC[Si](CC)(CC)O[C@@H](COC)C[C@H]1O[C@@](OC)([C@@H]2OC(=O)O[C@@H]2C[C@H](OC)[C@H](CCCCC(C)/C=C/CC(O)[C@H](C)/C=C(C)/C=C(C)/C=C(\C)C(=O)OC)O[Si](C)(C)C(C)(C)C)[C@H](C)[C@@H](O[Si](C)(C)C(C)(C)C)[C@H]1C. The molecule has 1 N–H and O–H groups in total. The van der Waals surface area contributed by atoms with Crippen molar-refractivity contribution in [1.29, 1.82) is 0 Å². The van der Waals surface area contributed by atoms with Gasteiger partial charge < -0.3 is 51.5 Å². The lowest BCUT2D eigenvalue weighted by molar-refractivity contribution is -0.359. The number of methoxy groups -OCH3 is 4. The second kappa shape index (κ2) is 30.7.